The lowest BCUT2D eigenvalue weighted by molar-refractivity contribution is 0.0303. The summed E-state index contributed by atoms with van der Waals surface area (Å²) in [5.74, 6) is 1.52. The maximum Gasteiger partial charge on any atom is 0.257 e. The highest BCUT2D eigenvalue weighted by Crippen LogP contribution is 2.34. The molecule has 0 N–H and O–H groups in total. The average molecular weight is 440 g/mol. The molecule has 8 heteroatoms. The van der Waals surface area contributed by atoms with Crippen molar-refractivity contribution in [2.75, 3.05) is 40.5 Å². The van der Waals surface area contributed by atoms with Crippen LogP contribution >= 0.6 is 11.6 Å². The number of aromatic nitrogens is 2. The lowest BCUT2D eigenvalue weighted by atomic mass is 10.0. The highest BCUT2D eigenvalue weighted by Gasteiger charge is 2.24. The highest BCUT2D eigenvalue weighted by molar-refractivity contribution is 6.30. The molecule has 160 valence electrons. The van der Waals surface area contributed by atoms with Gasteiger partial charge < -0.3 is 19.1 Å². The quantitative estimate of drug-likeness (QED) is 0.599. The molecule has 0 aliphatic carbocycles. The molecule has 7 nitrogen and oxygen atoms in total. The Balaban J connectivity index is 1.83. The van der Waals surface area contributed by atoms with E-state index in [2.05, 4.69) is 4.98 Å². The van der Waals surface area contributed by atoms with Crippen molar-refractivity contribution in [2.24, 2.45) is 0 Å². The second-order valence-electron chi connectivity index (χ2n) is 6.94. The minimum Gasteiger partial charge on any atom is -0.493 e. The zero-order valence-corrected chi connectivity index (χ0v) is 18.1. The number of halogens is 1. The summed E-state index contributed by atoms with van der Waals surface area (Å²) in [6, 6.07) is 12.7. The van der Waals surface area contributed by atoms with Gasteiger partial charge in [-0.25, -0.2) is 9.97 Å². The molecular formula is C23H22ClN3O4. The molecule has 2 aromatic carbocycles. The van der Waals surface area contributed by atoms with Gasteiger partial charge in [0, 0.05) is 35.4 Å². The van der Waals surface area contributed by atoms with E-state index in [4.69, 9.17) is 30.8 Å². The van der Waals surface area contributed by atoms with E-state index in [1.54, 1.807) is 43.5 Å². The van der Waals surface area contributed by atoms with Crippen molar-refractivity contribution in [3.8, 4) is 34.1 Å². The molecule has 2 heterocycles. The summed E-state index contributed by atoms with van der Waals surface area (Å²) in [6.07, 6.45) is 1.58. The van der Waals surface area contributed by atoms with Crippen molar-refractivity contribution in [2.45, 2.75) is 0 Å². The van der Waals surface area contributed by atoms with E-state index >= 15 is 0 Å². The van der Waals surface area contributed by atoms with Gasteiger partial charge in [0.15, 0.2) is 17.3 Å². The van der Waals surface area contributed by atoms with Gasteiger partial charge in [0.05, 0.1) is 38.7 Å². The Kier molecular flexibility index (Phi) is 6.34. The molecule has 0 atom stereocenters. The highest BCUT2D eigenvalue weighted by atomic mass is 35.5. The monoisotopic (exact) mass is 439 g/mol. The zero-order valence-electron chi connectivity index (χ0n) is 17.3. The van der Waals surface area contributed by atoms with Crippen LogP contribution in [0.25, 0.3) is 22.6 Å². The fraction of sp³-hybridized carbons (Fsp3) is 0.261. The van der Waals surface area contributed by atoms with Crippen LogP contribution in [0.5, 0.6) is 11.5 Å². The molecule has 0 saturated carbocycles. The first kappa shape index (κ1) is 21.1. The van der Waals surface area contributed by atoms with Crippen LogP contribution in [-0.4, -0.2) is 61.3 Å². The maximum absolute atomic E-state index is 13.3. The Bertz CT molecular complexity index is 1080. The molecule has 4 rings (SSSR count). The standard InChI is InChI=1S/C23H22ClN3O4/c1-29-19-8-5-16(13-20(19)30-2)21-18(23(28)27-9-11-31-12-10-27)14-25-22(26-21)15-3-6-17(24)7-4-15/h3-8,13-14H,9-12H2,1-2H3. The van der Waals surface area contributed by atoms with Crippen LogP contribution in [0, 0.1) is 0 Å². The number of hydrogen-bond acceptors (Lipinski definition) is 6. The molecule has 0 radical (unpaired) electrons. The van der Waals surface area contributed by atoms with Crippen molar-refractivity contribution in [3.05, 3.63) is 59.2 Å². The van der Waals surface area contributed by atoms with Crippen LogP contribution in [0.15, 0.2) is 48.7 Å². The van der Waals surface area contributed by atoms with Crippen LogP contribution < -0.4 is 9.47 Å². The second-order valence-corrected chi connectivity index (χ2v) is 7.37. The van der Waals surface area contributed by atoms with Gasteiger partial charge in [0.25, 0.3) is 5.91 Å². The Hall–Kier alpha value is -3.16. The van der Waals surface area contributed by atoms with E-state index in [0.717, 1.165) is 11.1 Å². The summed E-state index contributed by atoms with van der Waals surface area (Å²) in [5.41, 5.74) is 2.48. The lowest BCUT2D eigenvalue weighted by Gasteiger charge is -2.27. The minimum absolute atomic E-state index is 0.129. The Labute approximate surface area is 185 Å². The fourth-order valence-electron chi connectivity index (χ4n) is 3.42. The normalized spacial score (nSPS) is 13.7. The molecule has 1 amide bonds. The van der Waals surface area contributed by atoms with E-state index in [0.29, 0.717) is 59.9 Å². The van der Waals surface area contributed by atoms with E-state index in [-0.39, 0.29) is 5.91 Å². The van der Waals surface area contributed by atoms with E-state index in [9.17, 15) is 4.79 Å². The molecule has 31 heavy (non-hydrogen) atoms. The number of nitrogens with zero attached hydrogens (tertiary/aromatic N) is 3. The number of rotatable bonds is 5. The number of carbonyl (C=O) groups is 1. The van der Waals surface area contributed by atoms with Crippen LogP contribution in [0.4, 0.5) is 0 Å². The third-order valence-corrected chi connectivity index (χ3v) is 5.33. The van der Waals surface area contributed by atoms with E-state index in [1.165, 1.54) is 0 Å². The molecule has 0 unspecified atom stereocenters. The summed E-state index contributed by atoms with van der Waals surface area (Å²) in [7, 11) is 3.15. The molecule has 0 spiro atoms. The van der Waals surface area contributed by atoms with Gasteiger partial charge in [-0.05, 0) is 42.5 Å². The summed E-state index contributed by atoms with van der Waals surface area (Å²) >= 11 is 6.01. The Morgan fingerprint density at radius 2 is 1.68 bits per heavy atom. The molecule has 1 aliphatic heterocycles. The number of amides is 1. The SMILES string of the molecule is COc1ccc(-c2nc(-c3ccc(Cl)cc3)ncc2C(=O)N2CCOCC2)cc1OC. The minimum atomic E-state index is -0.129. The molecule has 1 aromatic heterocycles. The molecule has 1 saturated heterocycles. The Morgan fingerprint density at radius 1 is 1.00 bits per heavy atom. The van der Waals surface area contributed by atoms with Gasteiger partial charge in [0.2, 0.25) is 0 Å². The van der Waals surface area contributed by atoms with Gasteiger partial charge >= 0.3 is 0 Å². The summed E-state index contributed by atoms with van der Waals surface area (Å²) in [5, 5.41) is 0.628. The number of benzene rings is 2. The van der Waals surface area contributed by atoms with Crippen molar-refractivity contribution in [1.29, 1.82) is 0 Å². The van der Waals surface area contributed by atoms with Crippen LogP contribution in [0.3, 0.4) is 0 Å². The van der Waals surface area contributed by atoms with Gasteiger partial charge in [-0.15, -0.1) is 0 Å². The van der Waals surface area contributed by atoms with E-state index in [1.807, 2.05) is 24.3 Å². The van der Waals surface area contributed by atoms with Crippen molar-refractivity contribution >= 4 is 17.5 Å². The molecular weight excluding hydrogens is 418 g/mol. The predicted octanol–water partition coefficient (Wildman–Crippen LogP) is 3.95. The smallest absolute Gasteiger partial charge is 0.257 e. The van der Waals surface area contributed by atoms with Crippen LogP contribution in [0.1, 0.15) is 10.4 Å². The number of ether oxygens (including phenoxy) is 3. The van der Waals surface area contributed by atoms with Gasteiger partial charge in [0.1, 0.15) is 0 Å². The second kappa shape index (κ2) is 9.32. The van der Waals surface area contributed by atoms with Crippen LogP contribution in [0.2, 0.25) is 5.02 Å². The third-order valence-electron chi connectivity index (χ3n) is 5.08. The zero-order chi connectivity index (χ0) is 21.8. The van der Waals surface area contributed by atoms with Gasteiger partial charge in [-0.2, -0.15) is 0 Å². The number of morpholine rings is 1. The number of hydrogen-bond donors (Lipinski definition) is 0. The molecule has 1 aliphatic rings. The third kappa shape index (κ3) is 4.47. The van der Waals surface area contributed by atoms with Gasteiger partial charge in [-0.1, -0.05) is 11.6 Å². The average Bonchev–Trinajstić information content (AvgIpc) is 2.83. The number of carbonyl (C=O) groups excluding carboxylic acids is 1. The summed E-state index contributed by atoms with van der Waals surface area (Å²) in [4.78, 5) is 24.3. The predicted molar refractivity (Wildman–Crippen MR) is 118 cm³/mol. The molecule has 0 bridgehead atoms. The maximum atomic E-state index is 13.3. The van der Waals surface area contributed by atoms with E-state index < -0.39 is 0 Å². The first-order chi connectivity index (χ1) is 15.1. The number of methoxy groups -OCH3 is 2. The first-order valence-corrected chi connectivity index (χ1v) is 10.2. The lowest BCUT2D eigenvalue weighted by Crippen LogP contribution is -2.41. The topological polar surface area (TPSA) is 73.8 Å². The van der Waals surface area contributed by atoms with Crippen molar-refractivity contribution in [1.82, 2.24) is 14.9 Å². The van der Waals surface area contributed by atoms with Crippen molar-refractivity contribution in [3.63, 3.8) is 0 Å². The Morgan fingerprint density at radius 3 is 2.35 bits per heavy atom. The first-order valence-electron chi connectivity index (χ1n) is 9.83. The van der Waals surface area contributed by atoms with Gasteiger partial charge in [-0.3, -0.25) is 4.79 Å². The summed E-state index contributed by atoms with van der Waals surface area (Å²) < 4.78 is 16.2. The summed E-state index contributed by atoms with van der Waals surface area (Å²) in [6.45, 7) is 2.09. The molecule has 1 fully saturated rings. The van der Waals surface area contributed by atoms with Crippen molar-refractivity contribution < 1.29 is 19.0 Å². The molecule has 3 aromatic rings. The largest absolute Gasteiger partial charge is 0.493 e. The van der Waals surface area contributed by atoms with Crippen LogP contribution in [-0.2, 0) is 4.74 Å². The fourth-order valence-corrected chi connectivity index (χ4v) is 3.54.